The minimum Gasteiger partial charge on any atom is -0.459 e. The van der Waals surface area contributed by atoms with Gasteiger partial charge in [-0.2, -0.15) is 0 Å². The highest BCUT2D eigenvalue weighted by molar-refractivity contribution is 5.83. The first kappa shape index (κ1) is 13.3. The molecule has 5 nitrogen and oxygen atoms in total. The summed E-state index contributed by atoms with van der Waals surface area (Å²) < 4.78 is 10.0. The van der Waals surface area contributed by atoms with Crippen molar-refractivity contribution >= 4 is 5.97 Å². The summed E-state index contributed by atoms with van der Waals surface area (Å²) in [6.45, 7) is 4.07. The third-order valence-electron chi connectivity index (χ3n) is 2.63. The van der Waals surface area contributed by atoms with Crippen molar-refractivity contribution in [2.24, 2.45) is 0 Å². The van der Waals surface area contributed by atoms with Gasteiger partial charge in [-0.1, -0.05) is 29.8 Å². The average molecular weight is 260 g/mol. The predicted octanol–water partition coefficient (Wildman–Crippen LogP) is 2.34. The zero-order valence-corrected chi connectivity index (χ0v) is 11.0. The maximum absolute atomic E-state index is 11.4. The Bertz CT molecular complexity index is 563. The summed E-state index contributed by atoms with van der Waals surface area (Å²) in [4.78, 5) is 11.4. The monoisotopic (exact) mass is 260 g/mol. The van der Waals surface area contributed by atoms with Crippen molar-refractivity contribution in [2.75, 3.05) is 6.61 Å². The summed E-state index contributed by atoms with van der Waals surface area (Å²) in [5.74, 6) is -0.206. The number of hydrogen-bond donors (Lipinski definition) is 0. The van der Waals surface area contributed by atoms with Crippen LogP contribution >= 0.6 is 0 Å². The van der Waals surface area contributed by atoms with Gasteiger partial charge in [0.25, 0.3) is 0 Å². The van der Waals surface area contributed by atoms with E-state index in [1.165, 1.54) is 11.1 Å². The molecule has 0 radical (unpaired) electrons. The van der Waals surface area contributed by atoms with E-state index in [2.05, 4.69) is 35.3 Å². The second-order valence-electron chi connectivity index (χ2n) is 4.21. The van der Waals surface area contributed by atoms with Crippen molar-refractivity contribution in [1.29, 1.82) is 0 Å². The number of hydrogen-bond acceptors (Lipinski definition) is 5. The van der Waals surface area contributed by atoms with Gasteiger partial charge < -0.3 is 9.15 Å². The van der Waals surface area contributed by atoms with Gasteiger partial charge in [-0.05, 0) is 25.8 Å². The van der Waals surface area contributed by atoms with Gasteiger partial charge in [-0.15, -0.1) is 10.2 Å². The lowest BCUT2D eigenvalue weighted by atomic mass is 10.1. The molecule has 1 heterocycles. The Morgan fingerprint density at radius 1 is 1.32 bits per heavy atom. The normalized spacial score (nSPS) is 10.4. The van der Waals surface area contributed by atoms with Crippen molar-refractivity contribution in [2.45, 2.75) is 26.7 Å². The Balaban J connectivity index is 1.95. The molecule has 0 saturated carbocycles. The number of carbonyl (C=O) groups is 1. The third kappa shape index (κ3) is 3.64. The molecule has 0 atom stereocenters. The van der Waals surface area contributed by atoms with E-state index in [1.807, 2.05) is 6.07 Å². The Kier molecular flexibility index (Phi) is 4.28. The number of esters is 1. The summed E-state index contributed by atoms with van der Waals surface area (Å²) in [5, 5.41) is 7.51. The van der Waals surface area contributed by atoms with Crippen LogP contribution in [0.3, 0.4) is 0 Å². The van der Waals surface area contributed by atoms with E-state index < -0.39 is 5.97 Å². The van der Waals surface area contributed by atoms with Crippen LogP contribution < -0.4 is 0 Å². The van der Waals surface area contributed by atoms with Crippen LogP contribution in [0.5, 0.6) is 0 Å². The first-order valence-corrected chi connectivity index (χ1v) is 6.24. The fraction of sp³-hybridized carbons (Fsp3) is 0.357. The lowest BCUT2D eigenvalue weighted by molar-refractivity contribution is 0.0478. The molecule has 1 aromatic carbocycles. The lowest BCUT2D eigenvalue weighted by Crippen LogP contribution is -2.04. The third-order valence-corrected chi connectivity index (χ3v) is 2.63. The fourth-order valence-corrected chi connectivity index (χ4v) is 1.75. The summed E-state index contributed by atoms with van der Waals surface area (Å²) in [7, 11) is 0. The molecule has 0 aliphatic rings. The van der Waals surface area contributed by atoms with Gasteiger partial charge in [0.05, 0.1) is 6.61 Å². The van der Waals surface area contributed by atoms with Gasteiger partial charge >= 0.3 is 11.9 Å². The van der Waals surface area contributed by atoms with E-state index in [1.54, 1.807) is 6.92 Å². The number of aryl methyl sites for hydroxylation is 3. The van der Waals surface area contributed by atoms with Crippen LogP contribution in [0.15, 0.2) is 28.7 Å². The van der Waals surface area contributed by atoms with Crippen molar-refractivity contribution < 1.29 is 13.9 Å². The van der Waals surface area contributed by atoms with Gasteiger partial charge in [0.1, 0.15) is 0 Å². The number of rotatable bonds is 5. The smallest absolute Gasteiger partial charge is 0.396 e. The molecular formula is C14H16N2O3. The van der Waals surface area contributed by atoms with Gasteiger partial charge in [0.15, 0.2) is 0 Å². The molecule has 0 N–H and O–H groups in total. The average Bonchev–Trinajstić information content (AvgIpc) is 2.86. The van der Waals surface area contributed by atoms with E-state index in [0.717, 1.165) is 6.42 Å². The second-order valence-corrected chi connectivity index (χ2v) is 4.21. The van der Waals surface area contributed by atoms with Crippen molar-refractivity contribution in [1.82, 2.24) is 10.2 Å². The molecule has 0 bridgehead atoms. The fourth-order valence-electron chi connectivity index (χ4n) is 1.75. The minimum atomic E-state index is -0.572. The zero-order chi connectivity index (χ0) is 13.7. The molecule has 19 heavy (non-hydrogen) atoms. The van der Waals surface area contributed by atoms with Crippen LogP contribution in [0.25, 0.3) is 0 Å². The lowest BCUT2D eigenvalue weighted by Gasteiger charge is -1.99. The summed E-state index contributed by atoms with van der Waals surface area (Å²) >= 11 is 0. The Morgan fingerprint density at radius 3 is 2.89 bits per heavy atom. The zero-order valence-electron chi connectivity index (χ0n) is 11.0. The highest BCUT2D eigenvalue weighted by Crippen LogP contribution is 2.09. The molecule has 1 aromatic heterocycles. The van der Waals surface area contributed by atoms with Gasteiger partial charge in [0.2, 0.25) is 5.89 Å². The molecular weight excluding hydrogens is 244 g/mol. The Hall–Kier alpha value is -2.17. The van der Waals surface area contributed by atoms with Crippen LogP contribution in [0.1, 0.15) is 34.6 Å². The minimum absolute atomic E-state index is 0.0823. The number of nitrogens with zero attached hydrogens (tertiary/aromatic N) is 2. The van der Waals surface area contributed by atoms with Crippen LogP contribution in [-0.4, -0.2) is 22.8 Å². The van der Waals surface area contributed by atoms with E-state index in [9.17, 15) is 4.79 Å². The SMILES string of the molecule is CCOC(=O)c1nnc(CCc2cccc(C)c2)o1. The quantitative estimate of drug-likeness (QED) is 0.772. The first-order valence-electron chi connectivity index (χ1n) is 6.24. The largest absolute Gasteiger partial charge is 0.459 e. The van der Waals surface area contributed by atoms with Crippen molar-refractivity contribution in [3.05, 3.63) is 47.2 Å². The Labute approximate surface area is 111 Å². The Morgan fingerprint density at radius 2 is 2.16 bits per heavy atom. The number of aromatic nitrogens is 2. The molecule has 100 valence electrons. The molecule has 5 heteroatoms. The molecule has 0 fully saturated rings. The first-order chi connectivity index (χ1) is 9.19. The molecule has 0 saturated heterocycles. The molecule has 0 unspecified atom stereocenters. The van der Waals surface area contributed by atoms with E-state index in [4.69, 9.17) is 9.15 Å². The van der Waals surface area contributed by atoms with Gasteiger partial charge in [0, 0.05) is 6.42 Å². The van der Waals surface area contributed by atoms with Crippen LogP contribution in [0.4, 0.5) is 0 Å². The molecule has 0 aliphatic carbocycles. The molecule has 0 spiro atoms. The van der Waals surface area contributed by atoms with Crippen LogP contribution in [0.2, 0.25) is 0 Å². The van der Waals surface area contributed by atoms with Gasteiger partial charge in [-0.3, -0.25) is 0 Å². The van der Waals surface area contributed by atoms with Crippen molar-refractivity contribution in [3.8, 4) is 0 Å². The number of ether oxygens (including phenoxy) is 1. The van der Waals surface area contributed by atoms with E-state index >= 15 is 0 Å². The summed E-state index contributed by atoms with van der Waals surface area (Å²) in [6.07, 6.45) is 1.40. The highest BCUT2D eigenvalue weighted by atomic mass is 16.5. The van der Waals surface area contributed by atoms with E-state index in [-0.39, 0.29) is 5.89 Å². The summed E-state index contributed by atoms with van der Waals surface area (Å²) in [6, 6.07) is 8.23. The maximum atomic E-state index is 11.4. The van der Waals surface area contributed by atoms with Crippen LogP contribution in [0, 0.1) is 6.92 Å². The standard InChI is InChI=1S/C14H16N2O3/c1-3-18-14(17)13-16-15-12(19-13)8-7-11-6-4-5-10(2)9-11/h4-6,9H,3,7-8H2,1-2H3. The number of carbonyl (C=O) groups excluding carboxylic acids is 1. The summed E-state index contributed by atoms with van der Waals surface area (Å²) in [5.41, 5.74) is 2.42. The number of benzene rings is 1. The molecule has 2 aromatic rings. The van der Waals surface area contributed by atoms with Crippen molar-refractivity contribution in [3.63, 3.8) is 0 Å². The molecule has 0 amide bonds. The molecule has 0 aliphatic heterocycles. The maximum Gasteiger partial charge on any atom is 0.396 e. The topological polar surface area (TPSA) is 65.2 Å². The van der Waals surface area contributed by atoms with Gasteiger partial charge in [-0.25, -0.2) is 4.79 Å². The highest BCUT2D eigenvalue weighted by Gasteiger charge is 2.15. The van der Waals surface area contributed by atoms with E-state index in [0.29, 0.717) is 18.9 Å². The second kappa shape index (κ2) is 6.13. The molecule has 2 rings (SSSR count). The van der Waals surface area contributed by atoms with Crippen LogP contribution in [-0.2, 0) is 17.6 Å². The predicted molar refractivity (Wildman–Crippen MR) is 68.8 cm³/mol.